The Hall–Kier alpha value is -3.11. The maximum absolute atomic E-state index is 12.9. The van der Waals surface area contributed by atoms with E-state index in [0.717, 1.165) is 22.2 Å². The molecule has 0 atom stereocenters. The molecule has 26 heavy (non-hydrogen) atoms. The third kappa shape index (κ3) is 2.85. The van der Waals surface area contributed by atoms with Crippen molar-refractivity contribution in [2.45, 2.75) is 6.92 Å². The van der Waals surface area contributed by atoms with Crippen LogP contribution in [0.5, 0.6) is 0 Å². The molecule has 0 saturated carbocycles. The second-order valence-electron chi connectivity index (χ2n) is 6.00. The largest absolute Gasteiger partial charge is 0.295 e. The van der Waals surface area contributed by atoms with E-state index in [2.05, 4.69) is 10.1 Å². The smallest absolute Gasteiger partial charge is 0.280 e. The number of hydrogen-bond donors (Lipinski definition) is 1. The highest BCUT2D eigenvalue weighted by Gasteiger charge is 2.12. The lowest BCUT2D eigenvalue weighted by atomic mass is 10.1. The Balaban J connectivity index is 1.83. The van der Waals surface area contributed by atoms with Gasteiger partial charge in [-0.05, 0) is 30.5 Å². The summed E-state index contributed by atoms with van der Waals surface area (Å²) in [7, 11) is 0. The Morgan fingerprint density at radius 3 is 2.58 bits per heavy atom. The summed E-state index contributed by atoms with van der Waals surface area (Å²) in [4.78, 5) is 17.3. The van der Waals surface area contributed by atoms with Crippen LogP contribution >= 0.6 is 11.6 Å². The quantitative estimate of drug-likeness (QED) is 0.511. The minimum atomic E-state index is -0.144. The van der Waals surface area contributed by atoms with E-state index in [9.17, 15) is 4.79 Å². The summed E-state index contributed by atoms with van der Waals surface area (Å²) in [6.07, 6.45) is 1.57. The Morgan fingerprint density at radius 1 is 1.00 bits per heavy atom. The molecule has 1 aromatic heterocycles. The van der Waals surface area contributed by atoms with Crippen LogP contribution in [0.4, 0.5) is 5.69 Å². The van der Waals surface area contributed by atoms with Gasteiger partial charge in [0.15, 0.2) is 0 Å². The summed E-state index contributed by atoms with van der Waals surface area (Å²) in [5.74, 6) is 0. The van der Waals surface area contributed by atoms with E-state index in [0.29, 0.717) is 16.3 Å². The monoisotopic (exact) mass is 361 g/mol. The molecule has 0 aliphatic rings. The highest BCUT2D eigenvalue weighted by atomic mass is 35.5. The van der Waals surface area contributed by atoms with Crippen molar-refractivity contribution in [1.29, 1.82) is 0 Å². The maximum atomic E-state index is 12.9. The number of benzene rings is 3. The Kier molecular flexibility index (Phi) is 4.19. The van der Waals surface area contributed by atoms with Crippen molar-refractivity contribution in [1.82, 2.24) is 9.78 Å². The van der Waals surface area contributed by atoms with Gasteiger partial charge in [0.1, 0.15) is 0 Å². The molecule has 0 unspecified atom stereocenters. The fourth-order valence-corrected chi connectivity index (χ4v) is 3.16. The number of hydrogen-bond acceptors (Lipinski definition) is 2. The molecular weight excluding hydrogens is 346 g/mol. The van der Waals surface area contributed by atoms with E-state index >= 15 is 0 Å². The van der Waals surface area contributed by atoms with Crippen LogP contribution in [0.3, 0.4) is 0 Å². The predicted molar refractivity (Wildman–Crippen MR) is 107 cm³/mol. The summed E-state index contributed by atoms with van der Waals surface area (Å²) in [6.45, 7) is 1.86. The summed E-state index contributed by atoms with van der Waals surface area (Å²) < 4.78 is 1.56. The van der Waals surface area contributed by atoms with Gasteiger partial charge in [-0.25, -0.2) is 4.68 Å². The zero-order valence-electron chi connectivity index (χ0n) is 14.1. The summed E-state index contributed by atoms with van der Waals surface area (Å²) >= 11 is 6.13. The first-order valence-electron chi connectivity index (χ1n) is 8.23. The van der Waals surface area contributed by atoms with Crippen molar-refractivity contribution in [3.05, 3.63) is 93.4 Å². The van der Waals surface area contributed by atoms with E-state index in [1.807, 2.05) is 67.6 Å². The number of fused-ring (bicyclic) bond motifs is 1. The van der Waals surface area contributed by atoms with Gasteiger partial charge in [0.2, 0.25) is 0 Å². The number of nitrogens with zero attached hydrogens (tertiary/aromatic N) is 2. The summed E-state index contributed by atoms with van der Waals surface area (Å²) in [5.41, 5.74) is 2.56. The van der Waals surface area contributed by atoms with E-state index in [1.165, 1.54) is 0 Å². The van der Waals surface area contributed by atoms with E-state index in [1.54, 1.807) is 17.0 Å². The molecule has 1 heterocycles. The van der Waals surface area contributed by atoms with Crippen molar-refractivity contribution in [3.63, 3.8) is 0 Å². The van der Waals surface area contributed by atoms with Crippen LogP contribution < -0.4 is 5.56 Å². The van der Waals surface area contributed by atoms with Gasteiger partial charge in [0.05, 0.1) is 22.0 Å². The van der Waals surface area contributed by atoms with Gasteiger partial charge in [-0.3, -0.25) is 14.9 Å². The predicted octanol–water partition coefficient (Wildman–Crippen LogP) is 5.03. The Bertz CT molecular complexity index is 1180. The highest BCUT2D eigenvalue weighted by Crippen LogP contribution is 2.24. The molecule has 1 N–H and O–H groups in total. The van der Waals surface area contributed by atoms with Crippen molar-refractivity contribution in [2.75, 3.05) is 0 Å². The van der Waals surface area contributed by atoms with Gasteiger partial charge < -0.3 is 0 Å². The molecule has 4 nitrogen and oxygen atoms in total. The molecule has 0 aliphatic carbocycles. The number of nitrogens with one attached hydrogen (secondary N) is 1. The molecule has 0 saturated heterocycles. The number of aryl methyl sites for hydroxylation is 1. The van der Waals surface area contributed by atoms with E-state index < -0.39 is 0 Å². The molecule has 0 fully saturated rings. The van der Waals surface area contributed by atoms with Crippen LogP contribution in [-0.4, -0.2) is 16.0 Å². The average molecular weight is 362 g/mol. The lowest BCUT2D eigenvalue weighted by molar-refractivity contribution is 0.841. The SMILES string of the molecule is Cc1[nH]n(-c2cccc3ccccc23)c(=O)c1C=Nc1ccccc1Cl. The molecule has 128 valence electrons. The number of aromatic nitrogens is 2. The highest BCUT2D eigenvalue weighted by molar-refractivity contribution is 6.33. The van der Waals surface area contributed by atoms with Crippen LogP contribution in [-0.2, 0) is 0 Å². The van der Waals surface area contributed by atoms with Crippen molar-refractivity contribution >= 4 is 34.3 Å². The maximum Gasteiger partial charge on any atom is 0.280 e. The minimum absolute atomic E-state index is 0.144. The minimum Gasteiger partial charge on any atom is -0.295 e. The normalized spacial score (nSPS) is 11.5. The van der Waals surface area contributed by atoms with E-state index in [4.69, 9.17) is 11.6 Å². The molecule has 5 heteroatoms. The number of para-hydroxylation sites is 1. The molecular formula is C21H16ClN3O. The van der Waals surface area contributed by atoms with Crippen molar-refractivity contribution in [3.8, 4) is 5.69 Å². The molecule has 0 spiro atoms. The lowest BCUT2D eigenvalue weighted by Gasteiger charge is -2.06. The molecule has 0 radical (unpaired) electrons. The first-order chi connectivity index (χ1) is 12.6. The standard InChI is InChI=1S/C21H16ClN3O/c1-14-17(13-23-19-11-5-4-10-18(19)22)21(26)25(24-14)20-12-6-8-15-7-2-3-9-16(15)20/h2-13,24H,1H3. The number of halogens is 1. The first-order valence-corrected chi connectivity index (χ1v) is 8.61. The lowest BCUT2D eigenvalue weighted by Crippen LogP contribution is -2.17. The second kappa shape index (κ2) is 6.65. The first kappa shape index (κ1) is 16.4. The topological polar surface area (TPSA) is 50.1 Å². The van der Waals surface area contributed by atoms with Gasteiger partial charge in [0, 0.05) is 17.3 Å². The Labute approximate surface area is 155 Å². The van der Waals surface area contributed by atoms with Crippen LogP contribution in [0.1, 0.15) is 11.3 Å². The third-order valence-corrected chi connectivity index (χ3v) is 4.63. The molecule has 4 aromatic rings. The van der Waals surface area contributed by atoms with Crippen molar-refractivity contribution < 1.29 is 0 Å². The average Bonchev–Trinajstić information content (AvgIpc) is 2.94. The van der Waals surface area contributed by atoms with Gasteiger partial charge in [0.25, 0.3) is 5.56 Å². The van der Waals surface area contributed by atoms with Gasteiger partial charge in [-0.1, -0.05) is 60.1 Å². The molecule has 4 rings (SSSR count). The van der Waals surface area contributed by atoms with Crippen LogP contribution in [0.25, 0.3) is 16.5 Å². The van der Waals surface area contributed by atoms with Gasteiger partial charge >= 0.3 is 0 Å². The third-order valence-electron chi connectivity index (χ3n) is 4.31. The van der Waals surface area contributed by atoms with E-state index in [-0.39, 0.29) is 5.56 Å². The number of aliphatic imine (C=N–C) groups is 1. The van der Waals surface area contributed by atoms with Crippen LogP contribution in [0.15, 0.2) is 76.5 Å². The fourth-order valence-electron chi connectivity index (χ4n) is 2.98. The van der Waals surface area contributed by atoms with Crippen LogP contribution in [0, 0.1) is 6.92 Å². The summed E-state index contributed by atoms with van der Waals surface area (Å²) in [5, 5.41) is 5.79. The van der Waals surface area contributed by atoms with Crippen molar-refractivity contribution in [2.24, 2.45) is 4.99 Å². The summed E-state index contributed by atoms with van der Waals surface area (Å²) in [6, 6.07) is 21.2. The zero-order valence-corrected chi connectivity index (χ0v) is 14.9. The number of aromatic amines is 1. The Morgan fingerprint density at radius 2 is 1.73 bits per heavy atom. The van der Waals surface area contributed by atoms with Gasteiger partial charge in [-0.2, -0.15) is 0 Å². The van der Waals surface area contributed by atoms with Crippen LogP contribution in [0.2, 0.25) is 5.02 Å². The zero-order chi connectivity index (χ0) is 18.1. The molecule has 0 bridgehead atoms. The number of rotatable bonds is 3. The molecule has 3 aromatic carbocycles. The fraction of sp³-hybridized carbons (Fsp3) is 0.0476. The number of H-pyrrole nitrogens is 1. The second-order valence-corrected chi connectivity index (χ2v) is 6.41. The molecule has 0 amide bonds. The van der Waals surface area contributed by atoms with Gasteiger partial charge in [-0.15, -0.1) is 0 Å². The molecule has 0 aliphatic heterocycles.